The molecule has 0 atom stereocenters. The number of halogens is 2. The molecule has 2 rings (SSSR count). The van der Waals surface area contributed by atoms with Crippen molar-refractivity contribution in [2.45, 2.75) is 6.54 Å². The average molecular weight is 289 g/mol. The lowest BCUT2D eigenvalue weighted by atomic mass is 10.2. The number of aromatic nitrogens is 2. The van der Waals surface area contributed by atoms with Crippen LogP contribution in [0.1, 0.15) is 5.82 Å². The minimum absolute atomic E-state index is 0.252. The van der Waals surface area contributed by atoms with Crippen molar-refractivity contribution >= 4 is 27.5 Å². The molecule has 0 radical (unpaired) electrons. The Morgan fingerprint density at radius 3 is 2.93 bits per heavy atom. The highest BCUT2D eigenvalue weighted by atomic mass is 79.9. The zero-order valence-electron chi connectivity index (χ0n) is 7.58. The van der Waals surface area contributed by atoms with Gasteiger partial charge < -0.3 is 10.3 Å². The Hall–Kier alpha value is -0.910. The third kappa shape index (κ3) is 2.19. The van der Waals surface area contributed by atoms with Gasteiger partial charge in [-0.1, -0.05) is 16.8 Å². The van der Waals surface area contributed by atoms with Crippen LogP contribution in [0.3, 0.4) is 0 Å². The number of hydrogen-bond acceptors (Lipinski definition) is 4. The Kier molecular flexibility index (Phi) is 3.04. The maximum Gasteiger partial charge on any atom is 0.259 e. The van der Waals surface area contributed by atoms with Crippen LogP contribution in [0.5, 0.6) is 0 Å². The molecule has 1 aromatic heterocycles. The van der Waals surface area contributed by atoms with Crippen LogP contribution in [0.2, 0.25) is 5.02 Å². The summed E-state index contributed by atoms with van der Waals surface area (Å²) in [7, 11) is 0. The first kappa shape index (κ1) is 10.6. The number of rotatable bonds is 2. The van der Waals surface area contributed by atoms with Crippen LogP contribution < -0.4 is 5.73 Å². The summed E-state index contributed by atoms with van der Waals surface area (Å²) in [5.74, 6) is 0.877. The van der Waals surface area contributed by atoms with Gasteiger partial charge in [0.25, 0.3) is 5.89 Å². The fourth-order valence-electron chi connectivity index (χ4n) is 1.11. The molecule has 6 heteroatoms. The second-order valence-corrected chi connectivity index (χ2v) is 4.13. The molecule has 0 aliphatic rings. The largest absolute Gasteiger partial charge is 0.334 e. The van der Waals surface area contributed by atoms with Crippen molar-refractivity contribution in [3.8, 4) is 11.5 Å². The minimum atomic E-state index is 0.252. The normalized spacial score (nSPS) is 10.6. The van der Waals surface area contributed by atoms with E-state index in [1.165, 1.54) is 0 Å². The molecule has 0 bridgehead atoms. The van der Waals surface area contributed by atoms with Crippen molar-refractivity contribution in [2.75, 3.05) is 0 Å². The molecule has 2 N–H and O–H groups in total. The van der Waals surface area contributed by atoms with Gasteiger partial charge in [-0.2, -0.15) is 4.98 Å². The van der Waals surface area contributed by atoms with E-state index in [9.17, 15) is 0 Å². The van der Waals surface area contributed by atoms with Crippen LogP contribution >= 0.6 is 27.5 Å². The molecule has 0 spiro atoms. The van der Waals surface area contributed by atoms with Gasteiger partial charge in [0.2, 0.25) is 0 Å². The van der Waals surface area contributed by atoms with Gasteiger partial charge in [-0.3, -0.25) is 0 Å². The molecule has 0 amide bonds. The standard InChI is InChI=1S/C9H7BrClN3O/c10-7-2-1-5(11)3-6(7)9-13-8(4-12)14-15-9/h1-3H,4,12H2. The highest BCUT2D eigenvalue weighted by molar-refractivity contribution is 9.10. The maximum atomic E-state index is 5.87. The van der Waals surface area contributed by atoms with Crippen molar-refractivity contribution in [3.63, 3.8) is 0 Å². The molecule has 0 fully saturated rings. The first-order valence-electron chi connectivity index (χ1n) is 4.19. The third-order valence-corrected chi connectivity index (χ3v) is 2.74. The lowest BCUT2D eigenvalue weighted by Crippen LogP contribution is -1.97. The van der Waals surface area contributed by atoms with E-state index in [-0.39, 0.29) is 6.54 Å². The molecular formula is C9H7BrClN3O. The van der Waals surface area contributed by atoms with E-state index in [0.717, 1.165) is 10.0 Å². The lowest BCUT2D eigenvalue weighted by molar-refractivity contribution is 0.422. The van der Waals surface area contributed by atoms with Gasteiger partial charge in [0.15, 0.2) is 5.82 Å². The van der Waals surface area contributed by atoms with Crippen LogP contribution in [-0.2, 0) is 6.54 Å². The summed E-state index contributed by atoms with van der Waals surface area (Å²) in [6.45, 7) is 0.252. The molecule has 2 aromatic rings. The van der Waals surface area contributed by atoms with E-state index in [2.05, 4.69) is 26.1 Å². The molecule has 0 unspecified atom stereocenters. The van der Waals surface area contributed by atoms with E-state index in [1.807, 2.05) is 6.07 Å². The summed E-state index contributed by atoms with van der Waals surface area (Å²) in [6.07, 6.45) is 0. The van der Waals surface area contributed by atoms with Crippen LogP contribution in [0.4, 0.5) is 0 Å². The fourth-order valence-corrected chi connectivity index (χ4v) is 1.70. The molecule has 78 valence electrons. The predicted molar refractivity (Wildman–Crippen MR) is 60.3 cm³/mol. The SMILES string of the molecule is NCc1noc(-c2cc(Cl)ccc2Br)n1. The number of hydrogen-bond donors (Lipinski definition) is 1. The van der Waals surface area contributed by atoms with Crippen LogP contribution in [0.15, 0.2) is 27.2 Å². The number of nitrogens with zero attached hydrogens (tertiary/aromatic N) is 2. The summed E-state index contributed by atoms with van der Waals surface area (Å²) in [5, 5.41) is 4.32. The van der Waals surface area contributed by atoms with Crippen LogP contribution in [0.25, 0.3) is 11.5 Å². The van der Waals surface area contributed by atoms with Gasteiger partial charge in [-0.25, -0.2) is 0 Å². The zero-order chi connectivity index (χ0) is 10.8. The third-order valence-electron chi connectivity index (χ3n) is 1.81. The number of benzene rings is 1. The topological polar surface area (TPSA) is 64.9 Å². The van der Waals surface area contributed by atoms with E-state index in [4.69, 9.17) is 21.9 Å². The summed E-state index contributed by atoms with van der Waals surface area (Å²) in [4.78, 5) is 4.11. The highest BCUT2D eigenvalue weighted by Gasteiger charge is 2.11. The average Bonchev–Trinajstić information content (AvgIpc) is 2.70. The predicted octanol–water partition coefficient (Wildman–Crippen LogP) is 2.61. The monoisotopic (exact) mass is 287 g/mol. The van der Waals surface area contributed by atoms with E-state index in [1.54, 1.807) is 12.1 Å². The molecule has 1 aromatic carbocycles. The quantitative estimate of drug-likeness (QED) is 0.922. The Balaban J connectivity index is 2.48. The van der Waals surface area contributed by atoms with Crippen molar-refractivity contribution in [3.05, 3.63) is 33.5 Å². The Bertz CT molecular complexity index is 486. The van der Waals surface area contributed by atoms with Crippen molar-refractivity contribution < 1.29 is 4.52 Å². The van der Waals surface area contributed by atoms with E-state index >= 15 is 0 Å². The first-order valence-corrected chi connectivity index (χ1v) is 5.36. The van der Waals surface area contributed by atoms with Crippen molar-refractivity contribution in [1.29, 1.82) is 0 Å². The Morgan fingerprint density at radius 2 is 2.27 bits per heavy atom. The van der Waals surface area contributed by atoms with Gasteiger partial charge >= 0.3 is 0 Å². The summed E-state index contributed by atoms with van der Waals surface area (Å²) >= 11 is 9.25. The Morgan fingerprint density at radius 1 is 1.47 bits per heavy atom. The highest BCUT2D eigenvalue weighted by Crippen LogP contribution is 2.29. The molecule has 0 saturated heterocycles. The van der Waals surface area contributed by atoms with Gasteiger partial charge in [-0.15, -0.1) is 0 Å². The molecular weight excluding hydrogens is 281 g/mol. The minimum Gasteiger partial charge on any atom is -0.334 e. The molecule has 0 aliphatic carbocycles. The number of nitrogens with two attached hydrogens (primary N) is 1. The summed E-state index contributed by atoms with van der Waals surface area (Å²) in [5.41, 5.74) is 6.15. The Labute approximate surface area is 99.5 Å². The van der Waals surface area contributed by atoms with Crippen LogP contribution in [-0.4, -0.2) is 10.1 Å². The fraction of sp³-hybridized carbons (Fsp3) is 0.111. The van der Waals surface area contributed by atoms with E-state index < -0.39 is 0 Å². The van der Waals surface area contributed by atoms with Gasteiger partial charge in [0.05, 0.1) is 12.1 Å². The molecule has 1 heterocycles. The van der Waals surface area contributed by atoms with E-state index in [0.29, 0.717) is 16.7 Å². The molecule has 0 saturated carbocycles. The van der Waals surface area contributed by atoms with Gasteiger partial charge in [-0.05, 0) is 34.1 Å². The molecule has 4 nitrogen and oxygen atoms in total. The second-order valence-electron chi connectivity index (χ2n) is 2.84. The van der Waals surface area contributed by atoms with Crippen LogP contribution in [0, 0.1) is 0 Å². The van der Waals surface area contributed by atoms with Gasteiger partial charge in [0.1, 0.15) is 0 Å². The second kappa shape index (κ2) is 4.30. The zero-order valence-corrected chi connectivity index (χ0v) is 9.92. The van der Waals surface area contributed by atoms with Crippen molar-refractivity contribution in [1.82, 2.24) is 10.1 Å². The summed E-state index contributed by atoms with van der Waals surface area (Å²) < 4.78 is 5.89. The maximum absolute atomic E-state index is 5.87. The lowest BCUT2D eigenvalue weighted by Gasteiger charge is -1.98. The molecule has 0 aliphatic heterocycles. The van der Waals surface area contributed by atoms with Crippen molar-refractivity contribution in [2.24, 2.45) is 5.73 Å². The summed E-state index contributed by atoms with van der Waals surface area (Å²) in [6, 6.07) is 5.35. The van der Waals surface area contributed by atoms with Gasteiger partial charge in [0, 0.05) is 9.50 Å². The molecule has 15 heavy (non-hydrogen) atoms. The smallest absolute Gasteiger partial charge is 0.259 e. The first-order chi connectivity index (χ1) is 7.20.